The number of amides is 3. The van der Waals surface area contributed by atoms with Crippen molar-refractivity contribution in [1.82, 2.24) is 10.2 Å². The average molecular weight is 213 g/mol. The highest BCUT2D eigenvalue weighted by atomic mass is 16.2. The van der Waals surface area contributed by atoms with E-state index in [1.165, 1.54) is 4.90 Å². The van der Waals surface area contributed by atoms with Crippen molar-refractivity contribution >= 4 is 11.9 Å². The topological polar surface area (TPSA) is 75.4 Å². The maximum absolute atomic E-state index is 11.9. The molecule has 0 aliphatic carbocycles. The molecule has 1 rings (SSSR count). The molecule has 5 heteroatoms. The van der Waals surface area contributed by atoms with Gasteiger partial charge in [-0.25, -0.2) is 4.79 Å². The van der Waals surface area contributed by atoms with E-state index in [9.17, 15) is 9.59 Å². The molecule has 0 spiro atoms. The van der Waals surface area contributed by atoms with Gasteiger partial charge >= 0.3 is 6.03 Å². The van der Waals surface area contributed by atoms with Gasteiger partial charge in [-0.05, 0) is 20.3 Å². The smallest absolute Gasteiger partial charge is 0.325 e. The third kappa shape index (κ3) is 2.12. The molecular formula is C10H19N3O2. The maximum atomic E-state index is 11.9. The minimum Gasteiger partial charge on any atom is -0.328 e. The third-order valence-corrected chi connectivity index (χ3v) is 2.70. The van der Waals surface area contributed by atoms with Crippen LogP contribution in [0.3, 0.4) is 0 Å². The van der Waals surface area contributed by atoms with E-state index >= 15 is 0 Å². The van der Waals surface area contributed by atoms with Gasteiger partial charge in [-0.1, -0.05) is 13.3 Å². The predicted octanol–water partition coefficient (Wildman–Crippen LogP) is 0.444. The first-order valence-electron chi connectivity index (χ1n) is 5.28. The SMILES string of the molecule is CCCC1NC(=O)N(C(C)(C)CN)C1=O. The highest BCUT2D eigenvalue weighted by Gasteiger charge is 2.44. The predicted molar refractivity (Wildman–Crippen MR) is 57.2 cm³/mol. The summed E-state index contributed by atoms with van der Waals surface area (Å²) in [5, 5.41) is 2.68. The summed E-state index contributed by atoms with van der Waals surface area (Å²) in [7, 11) is 0. The lowest BCUT2D eigenvalue weighted by Gasteiger charge is -2.31. The number of imide groups is 1. The Bertz CT molecular complexity index is 276. The molecule has 86 valence electrons. The van der Waals surface area contributed by atoms with Crippen molar-refractivity contribution in [2.45, 2.75) is 45.2 Å². The normalized spacial score (nSPS) is 22.1. The lowest BCUT2D eigenvalue weighted by atomic mass is 10.0. The van der Waals surface area contributed by atoms with Gasteiger partial charge in [0.1, 0.15) is 6.04 Å². The standard InChI is InChI=1S/C10H19N3O2/c1-4-5-7-8(14)13(9(15)12-7)10(2,3)6-11/h7H,4-6,11H2,1-3H3,(H,12,15). The molecule has 0 aromatic heterocycles. The van der Waals surface area contributed by atoms with E-state index in [1.54, 1.807) is 13.8 Å². The molecule has 1 atom stereocenters. The first kappa shape index (κ1) is 12.0. The van der Waals surface area contributed by atoms with E-state index in [2.05, 4.69) is 5.32 Å². The Balaban J connectivity index is 2.84. The second-order valence-corrected chi connectivity index (χ2v) is 4.48. The van der Waals surface area contributed by atoms with Crippen LogP contribution >= 0.6 is 0 Å². The van der Waals surface area contributed by atoms with Crippen LogP contribution in [0.5, 0.6) is 0 Å². The second-order valence-electron chi connectivity index (χ2n) is 4.48. The van der Waals surface area contributed by atoms with Crippen LogP contribution in [0.4, 0.5) is 4.79 Å². The van der Waals surface area contributed by atoms with E-state index in [0.717, 1.165) is 6.42 Å². The van der Waals surface area contributed by atoms with Crippen molar-refractivity contribution in [1.29, 1.82) is 0 Å². The minimum atomic E-state index is -0.607. The van der Waals surface area contributed by atoms with Crippen LogP contribution in [0.1, 0.15) is 33.6 Å². The van der Waals surface area contributed by atoms with E-state index in [-0.39, 0.29) is 24.5 Å². The van der Waals surface area contributed by atoms with Crippen LogP contribution < -0.4 is 11.1 Å². The van der Waals surface area contributed by atoms with Crippen molar-refractivity contribution in [3.05, 3.63) is 0 Å². The summed E-state index contributed by atoms with van der Waals surface area (Å²) < 4.78 is 0. The molecule has 3 N–H and O–H groups in total. The molecule has 0 aromatic rings. The van der Waals surface area contributed by atoms with E-state index < -0.39 is 5.54 Å². The Morgan fingerprint density at radius 2 is 2.07 bits per heavy atom. The first-order chi connectivity index (χ1) is 6.94. The summed E-state index contributed by atoms with van der Waals surface area (Å²) in [4.78, 5) is 24.8. The second kappa shape index (κ2) is 4.18. The van der Waals surface area contributed by atoms with Crippen LogP contribution in [0.2, 0.25) is 0 Å². The van der Waals surface area contributed by atoms with E-state index in [1.807, 2.05) is 6.92 Å². The van der Waals surface area contributed by atoms with Crippen LogP contribution in [0.25, 0.3) is 0 Å². The molecule has 5 nitrogen and oxygen atoms in total. The van der Waals surface area contributed by atoms with Gasteiger partial charge in [-0.15, -0.1) is 0 Å². The number of nitrogens with two attached hydrogens (primary N) is 1. The molecule has 0 aromatic carbocycles. The fourth-order valence-corrected chi connectivity index (χ4v) is 1.68. The Hall–Kier alpha value is -1.10. The van der Waals surface area contributed by atoms with Crippen LogP contribution in [0.15, 0.2) is 0 Å². The maximum Gasteiger partial charge on any atom is 0.325 e. The number of hydrogen-bond donors (Lipinski definition) is 2. The molecule has 0 radical (unpaired) electrons. The van der Waals surface area contributed by atoms with Crippen molar-refractivity contribution in [3.63, 3.8) is 0 Å². The number of rotatable bonds is 4. The largest absolute Gasteiger partial charge is 0.328 e. The molecule has 0 saturated carbocycles. The van der Waals surface area contributed by atoms with Gasteiger partial charge in [0, 0.05) is 6.54 Å². The Labute approximate surface area is 90.0 Å². The summed E-state index contributed by atoms with van der Waals surface area (Å²) in [6, 6.07) is -0.692. The minimum absolute atomic E-state index is 0.155. The van der Waals surface area contributed by atoms with Gasteiger partial charge in [-0.3, -0.25) is 9.69 Å². The first-order valence-corrected chi connectivity index (χ1v) is 5.28. The number of urea groups is 1. The zero-order chi connectivity index (χ0) is 11.6. The lowest BCUT2D eigenvalue weighted by Crippen LogP contribution is -2.52. The summed E-state index contributed by atoms with van der Waals surface area (Å²) in [5.41, 5.74) is 4.95. The molecule has 1 saturated heterocycles. The van der Waals surface area contributed by atoms with E-state index in [0.29, 0.717) is 6.42 Å². The van der Waals surface area contributed by atoms with Crippen molar-refractivity contribution in [2.75, 3.05) is 6.54 Å². The Morgan fingerprint density at radius 3 is 2.53 bits per heavy atom. The molecule has 15 heavy (non-hydrogen) atoms. The summed E-state index contributed by atoms with van der Waals surface area (Å²) in [6.07, 6.45) is 1.55. The van der Waals surface area contributed by atoms with Crippen LogP contribution in [-0.4, -0.2) is 35.0 Å². The Morgan fingerprint density at radius 1 is 1.47 bits per heavy atom. The zero-order valence-electron chi connectivity index (χ0n) is 9.54. The fraction of sp³-hybridized carbons (Fsp3) is 0.800. The molecule has 0 bridgehead atoms. The van der Waals surface area contributed by atoms with Crippen molar-refractivity contribution in [3.8, 4) is 0 Å². The van der Waals surface area contributed by atoms with Gasteiger partial charge in [0.05, 0.1) is 5.54 Å². The highest BCUT2D eigenvalue weighted by molar-refractivity contribution is 6.04. The molecule has 1 aliphatic rings. The summed E-state index contributed by atoms with van der Waals surface area (Å²) in [5.74, 6) is -0.155. The third-order valence-electron chi connectivity index (χ3n) is 2.70. The molecule has 3 amide bonds. The van der Waals surface area contributed by atoms with Crippen molar-refractivity contribution < 1.29 is 9.59 Å². The van der Waals surface area contributed by atoms with E-state index in [4.69, 9.17) is 5.73 Å². The molecule has 1 heterocycles. The van der Waals surface area contributed by atoms with Gasteiger partial charge in [0.2, 0.25) is 0 Å². The summed E-state index contributed by atoms with van der Waals surface area (Å²) >= 11 is 0. The summed E-state index contributed by atoms with van der Waals surface area (Å²) in [6.45, 7) is 5.83. The van der Waals surface area contributed by atoms with Gasteiger partial charge < -0.3 is 11.1 Å². The molecule has 1 fully saturated rings. The van der Waals surface area contributed by atoms with Gasteiger partial charge in [0.25, 0.3) is 5.91 Å². The monoisotopic (exact) mass is 213 g/mol. The lowest BCUT2D eigenvalue weighted by molar-refractivity contribution is -0.130. The van der Waals surface area contributed by atoms with Crippen LogP contribution in [0, 0.1) is 0 Å². The number of carbonyl (C=O) groups excluding carboxylic acids is 2. The molecule has 1 unspecified atom stereocenters. The fourth-order valence-electron chi connectivity index (χ4n) is 1.68. The number of nitrogens with zero attached hydrogens (tertiary/aromatic N) is 1. The quantitative estimate of drug-likeness (QED) is 0.665. The number of carbonyl (C=O) groups is 2. The highest BCUT2D eigenvalue weighted by Crippen LogP contribution is 2.20. The number of nitrogens with one attached hydrogen (secondary N) is 1. The molecular weight excluding hydrogens is 194 g/mol. The molecule has 1 aliphatic heterocycles. The average Bonchev–Trinajstić information content (AvgIpc) is 2.43. The van der Waals surface area contributed by atoms with Gasteiger partial charge in [0.15, 0.2) is 0 Å². The zero-order valence-corrected chi connectivity index (χ0v) is 9.54. The Kier molecular flexibility index (Phi) is 3.34. The van der Waals surface area contributed by atoms with Crippen molar-refractivity contribution in [2.24, 2.45) is 5.73 Å². The van der Waals surface area contributed by atoms with Crippen LogP contribution in [-0.2, 0) is 4.79 Å². The van der Waals surface area contributed by atoms with Gasteiger partial charge in [-0.2, -0.15) is 0 Å². The number of hydrogen-bond acceptors (Lipinski definition) is 3.